The van der Waals surface area contributed by atoms with Crippen LogP contribution in [0.3, 0.4) is 0 Å². The predicted molar refractivity (Wildman–Crippen MR) is 73.1 cm³/mol. The molecule has 1 fully saturated rings. The molecule has 0 bridgehead atoms. The summed E-state index contributed by atoms with van der Waals surface area (Å²) in [6, 6.07) is 9.03. The van der Waals surface area contributed by atoms with Crippen LogP contribution in [0.1, 0.15) is 12.8 Å². The van der Waals surface area contributed by atoms with Crippen molar-refractivity contribution in [3.63, 3.8) is 0 Å². The van der Waals surface area contributed by atoms with Crippen molar-refractivity contribution in [1.29, 1.82) is 0 Å². The molecule has 18 heavy (non-hydrogen) atoms. The number of nitrogens with one attached hydrogen (secondary N) is 2. The van der Waals surface area contributed by atoms with E-state index in [1.807, 2.05) is 17.1 Å². The molecule has 1 aliphatic rings. The zero-order chi connectivity index (χ0) is 12.2. The summed E-state index contributed by atoms with van der Waals surface area (Å²) in [4.78, 5) is 4.05. The summed E-state index contributed by atoms with van der Waals surface area (Å²) >= 11 is 0. The van der Waals surface area contributed by atoms with Crippen LogP contribution in [0, 0.1) is 0 Å². The quantitative estimate of drug-likeness (QED) is 0.865. The topological polar surface area (TPSA) is 41.9 Å². The number of rotatable bonds is 3. The number of aromatic nitrogens is 2. The highest BCUT2D eigenvalue weighted by molar-refractivity contribution is 5.49. The number of imidazole rings is 1. The molecule has 1 unspecified atom stereocenters. The van der Waals surface area contributed by atoms with Crippen LogP contribution >= 0.6 is 0 Å². The Balaban J connectivity index is 1.67. The van der Waals surface area contributed by atoms with Crippen LogP contribution in [0.15, 0.2) is 43.0 Å². The van der Waals surface area contributed by atoms with E-state index < -0.39 is 0 Å². The molecule has 1 aromatic carbocycles. The van der Waals surface area contributed by atoms with E-state index >= 15 is 0 Å². The fraction of sp³-hybridized carbons (Fsp3) is 0.357. The largest absolute Gasteiger partial charge is 0.381 e. The SMILES string of the molecule is c1cn(-c2ccc(NC3CCCNC3)cc2)cn1. The van der Waals surface area contributed by atoms with Gasteiger partial charge in [0, 0.05) is 36.4 Å². The third-order valence-corrected chi connectivity index (χ3v) is 3.34. The van der Waals surface area contributed by atoms with Crippen LogP contribution in [-0.2, 0) is 0 Å². The highest BCUT2D eigenvalue weighted by Crippen LogP contribution is 2.15. The highest BCUT2D eigenvalue weighted by Gasteiger charge is 2.11. The van der Waals surface area contributed by atoms with Gasteiger partial charge in [0.1, 0.15) is 0 Å². The Morgan fingerprint density at radius 2 is 2.17 bits per heavy atom. The Hall–Kier alpha value is -1.81. The maximum Gasteiger partial charge on any atom is 0.0991 e. The van der Waals surface area contributed by atoms with Gasteiger partial charge in [0.05, 0.1) is 6.33 Å². The van der Waals surface area contributed by atoms with E-state index in [9.17, 15) is 0 Å². The summed E-state index contributed by atoms with van der Waals surface area (Å²) in [5.41, 5.74) is 2.33. The fourth-order valence-electron chi connectivity index (χ4n) is 2.35. The van der Waals surface area contributed by atoms with E-state index in [0.717, 1.165) is 18.8 Å². The molecule has 4 nitrogen and oxygen atoms in total. The molecular weight excluding hydrogens is 224 g/mol. The molecule has 1 aliphatic heterocycles. The molecular formula is C14H18N4. The van der Waals surface area contributed by atoms with Gasteiger partial charge in [-0.15, -0.1) is 0 Å². The van der Waals surface area contributed by atoms with E-state index in [1.54, 1.807) is 6.20 Å². The van der Waals surface area contributed by atoms with Crippen LogP contribution in [0.25, 0.3) is 5.69 Å². The van der Waals surface area contributed by atoms with Crippen molar-refractivity contribution in [3.8, 4) is 5.69 Å². The molecule has 0 saturated carbocycles. The molecule has 1 atom stereocenters. The van der Waals surface area contributed by atoms with Crippen molar-refractivity contribution in [2.24, 2.45) is 0 Å². The predicted octanol–water partition coefficient (Wildman–Crippen LogP) is 2.04. The van der Waals surface area contributed by atoms with Crippen molar-refractivity contribution in [3.05, 3.63) is 43.0 Å². The van der Waals surface area contributed by atoms with E-state index in [1.165, 1.54) is 18.5 Å². The van der Waals surface area contributed by atoms with Crippen LogP contribution < -0.4 is 10.6 Å². The zero-order valence-corrected chi connectivity index (χ0v) is 10.3. The second-order valence-electron chi connectivity index (χ2n) is 4.70. The first-order valence-electron chi connectivity index (χ1n) is 6.47. The van der Waals surface area contributed by atoms with Crippen molar-refractivity contribution in [2.75, 3.05) is 18.4 Å². The number of anilines is 1. The van der Waals surface area contributed by atoms with Crippen LogP contribution in [0.2, 0.25) is 0 Å². The summed E-state index contributed by atoms with van der Waals surface area (Å²) < 4.78 is 2.01. The Kier molecular flexibility index (Phi) is 3.28. The Labute approximate surface area is 107 Å². The van der Waals surface area contributed by atoms with Gasteiger partial charge in [-0.05, 0) is 43.7 Å². The van der Waals surface area contributed by atoms with Crippen molar-refractivity contribution in [2.45, 2.75) is 18.9 Å². The van der Waals surface area contributed by atoms with Gasteiger partial charge >= 0.3 is 0 Å². The molecule has 2 heterocycles. The highest BCUT2D eigenvalue weighted by atomic mass is 15.0. The van der Waals surface area contributed by atoms with Gasteiger partial charge in [0.15, 0.2) is 0 Å². The summed E-state index contributed by atoms with van der Waals surface area (Å²) in [5.74, 6) is 0. The van der Waals surface area contributed by atoms with Crippen LogP contribution in [0.4, 0.5) is 5.69 Å². The molecule has 94 valence electrons. The van der Waals surface area contributed by atoms with E-state index in [-0.39, 0.29) is 0 Å². The average molecular weight is 242 g/mol. The molecule has 1 saturated heterocycles. The van der Waals surface area contributed by atoms with Crippen molar-refractivity contribution >= 4 is 5.69 Å². The average Bonchev–Trinajstić information content (AvgIpc) is 2.95. The smallest absolute Gasteiger partial charge is 0.0991 e. The lowest BCUT2D eigenvalue weighted by molar-refractivity contribution is 0.480. The van der Waals surface area contributed by atoms with Gasteiger partial charge in [-0.3, -0.25) is 0 Å². The maximum absolute atomic E-state index is 4.05. The van der Waals surface area contributed by atoms with Gasteiger partial charge in [-0.1, -0.05) is 0 Å². The van der Waals surface area contributed by atoms with Crippen LogP contribution in [-0.4, -0.2) is 28.7 Å². The standard InChI is InChI=1S/C14H18N4/c1-2-13(10-15-7-1)17-12-3-5-14(6-4-12)18-9-8-16-11-18/h3-6,8-9,11,13,15,17H,1-2,7,10H2. The third-order valence-electron chi connectivity index (χ3n) is 3.34. The number of piperidine rings is 1. The van der Waals surface area contributed by atoms with E-state index in [0.29, 0.717) is 6.04 Å². The first-order valence-corrected chi connectivity index (χ1v) is 6.47. The fourth-order valence-corrected chi connectivity index (χ4v) is 2.35. The normalized spacial score (nSPS) is 19.7. The minimum absolute atomic E-state index is 0.554. The summed E-state index contributed by atoms with van der Waals surface area (Å²) in [6.45, 7) is 2.21. The summed E-state index contributed by atoms with van der Waals surface area (Å²) in [7, 11) is 0. The molecule has 0 aliphatic carbocycles. The van der Waals surface area contributed by atoms with Crippen molar-refractivity contribution < 1.29 is 0 Å². The lowest BCUT2D eigenvalue weighted by atomic mass is 10.1. The van der Waals surface area contributed by atoms with Gasteiger partial charge < -0.3 is 15.2 Å². The minimum atomic E-state index is 0.554. The molecule has 0 amide bonds. The first kappa shape index (κ1) is 11.3. The second-order valence-corrected chi connectivity index (χ2v) is 4.70. The Bertz CT molecular complexity index is 469. The van der Waals surface area contributed by atoms with Gasteiger partial charge in [0.2, 0.25) is 0 Å². The molecule has 0 spiro atoms. The number of nitrogens with zero attached hydrogens (tertiary/aromatic N) is 2. The molecule has 2 aromatic rings. The first-order chi connectivity index (χ1) is 8.92. The summed E-state index contributed by atoms with van der Waals surface area (Å²) in [6.07, 6.45) is 8.06. The molecule has 0 radical (unpaired) electrons. The van der Waals surface area contributed by atoms with E-state index in [2.05, 4.69) is 39.9 Å². The van der Waals surface area contributed by atoms with E-state index in [4.69, 9.17) is 0 Å². The molecule has 2 N–H and O–H groups in total. The number of hydrogen-bond acceptors (Lipinski definition) is 3. The Morgan fingerprint density at radius 1 is 1.28 bits per heavy atom. The number of benzene rings is 1. The minimum Gasteiger partial charge on any atom is -0.381 e. The number of hydrogen-bond donors (Lipinski definition) is 2. The lowest BCUT2D eigenvalue weighted by Gasteiger charge is -2.24. The molecule has 3 rings (SSSR count). The van der Waals surface area contributed by atoms with Gasteiger partial charge in [-0.25, -0.2) is 4.98 Å². The van der Waals surface area contributed by atoms with Gasteiger partial charge in [0.25, 0.3) is 0 Å². The summed E-state index contributed by atoms with van der Waals surface area (Å²) in [5, 5.41) is 6.98. The molecule has 1 aromatic heterocycles. The third kappa shape index (κ3) is 2.54. The monoisotopic (exact) mass is 242 g/mol. The molecule has 4 heteroatoms. The Morgan fingerprint density at radius 3 is 2.83 bits per heavy atom. The second kappa shape index (κ2) is 5.23. The zero-order valence-electron chi connectivity index (χ0n) is 10.3. The lowest BCUT2D eigenvalue weighted by Crippen LogP contribution is -2.38. The van der Waals surface area contributed by atoms with Crippen LogP contribution in [0.5, 0.6) is 0 Å². The van der Waals surface area contributed by atoms with Gasteiger partial charge in [-0.2, -0.15) is 0 Å². The maximum atomic E-state index is 4.05. The van der Waals surface area contributed by atoms with Crippen molar-refractivity contribution in [1.82, 2.24) is 14.9 Å².